The third-order valence-electron chi connectivity index (χ3n) is 7.80. The van der Waals surface area contributed by atoms with Crippen LogP contribution in [-0.2, 0) is 26.2 Å². The fraction of sp³-hybridized carbons (Fsp3) is 0.414. The van der Waals surface area contributed by atoms with Gasteiger partial charge in [0.2, 0.25) is 5.95 Å². The second-order valence-electron chi connectivity index (χ2n) is 11.0. The highest BCUT2D eigenvalue weighted by Gasteiger charge is 2.40. The molecule has 10 nitrogen and oxygen atoms in total. The molecule has 0 bridgehead atoms. The zero-order valence-corrected chi connectivity index (χ0v) is 25.0. The van der Waals surface area contributed by atoms with Crippen LogP contribution in [0.5, 0.6) is 5.75 Å². The van der Waals surface area contributed by atoms with Crippen molar-refractivity contribution in [1.29, 1.82) is 0 Å². The molecule has 0 saturated carbocycles. The largest absolute Gasteiger partial charge is 0.491 e. The normalized spacial score (nSPS) is 16.9. The first-order valence-corrected chi connectivity index (χ1v) is 13.7. The van der Waals surface area contributed by atoms with Crippen LogP contribution in [0.15, 0.2) is 36.8 Å². The highest BCUT2D eigenvalue weighted by atomic mass is 35.5. The van der Waals surface area contributed by atoms with Gasteiger partial charge in [-0.05, 0) is 44.7 Å². The number of aromatic nitrogens is 6. The zero-order chi connectivity index (χ0) is 29.8. The number of halogens is 4. The number of Topliss-reactive ketones (excluding diaryl/α,β-unsaturated/α-hetero) is 1. The summed E-state index contributed by atoms with van der Waals surface area (Å²) < 4.78 is 51.1. The smallest absolute Gasteiger partial charge is 0.435 e. The molecule has 0 aliphatic carbocycles. The fourth-order valence-electron chi connectivity index (χ4n) is 5.55. The summed E-state index contributed by atoms with van der Waals surface area (Å²) >= 11 is 0. The molecule has 0 spiro atoms. The second kappa shape index (κ2) is 11.6. The van der Waals surface area contributed by atoms with Gasteiger partial charge in [-0.25, -0.2) is 15.0 Å². The maximum Gasteiger partial charge on any atom is 0.435 e. The van der Waals surface area contributed by atoms with Gasteiger partial charge in [0.25, 0.3) is 0 Å². The minimum atomic E-state index is -4.69. The number of likely N-dealkylation sites (N-methyl/N-ethyl adjacent to an activating group) is 1. The van der Waals surface area contributed by atoms with E-state index in [0.29, 0.717) is 36.2 Å². The van der Waals surface area contributed by atoms with Crippen LogP contribution in [-0.4, -0.2) is 67.9 Å². The van der Waals surface area contributed by atoms with E-state index in [-0.39, 0.29) is 47.2 Å². The molecule has 1 atom stereocenters. The highest BCUT2D eigenvalue weighted by Crippen LogP contribution is 2.44. The van der Waals surface area contributed by atoms with Crippen LogP contribution in [0.2, 0.25) is 0 Å². The van der Waals surface area contributed by atoms with Crippen molar-refractivity contribution in [2.24, 2.45) is 13.0 Å². The molecule has 2 aliphatic heterocycles. The first-order valence-electron chi connectivity index (χ1n) is 13.7. The average molecular weight is 617 g/mol. The number of carbonyl (C=O) groups excluding carboxylic acids is 1. The van der Waals surface area contributed by atoms with Gasteiger partial charge in [-0.15, -0.1) is 12.4 Å². The Balaban J connectivity index is 0.00000368. The fourth-order valence-corrected chi connectivity index (χ4v) is 5.55. The van der Waals surface area contributed by atoms with Crippen molar-refractivity contribution in [3.63, 3.8) is 0 Å². The molecule has 0 radical (unpaired) electrons. The van der Waals surface area contributed by atoms with E-state index in [1.165, 1.54) is 13.2 Å². The van der Waals surface area contributed by atoms with Crippen LogP contribution in [0.4, 0.5) is 19.1 Å². The Hall–Kier alpha value is -3.97. The van der Waals surface area contributed by atoms with Crippen molar-refractivity contribution in [3.05, 3.63) is 70.8 Å². The summed E-state index contributed by atoms with van der Waals surface area (Å²) in [4.78, 5) is 29.6. The monoisotopic (exact) mass is 616 g/mol. The number of hydrogen-bond acceptors (Lipinski definition) is 8. The molecule has 6 rings (SSSR count). The van der Waals surface area contributed by atoms with Crippen molar-refractivity contribution in [1.82, 2.24) is 34.6 Å². The first kappa shape index (κ1) is 30.5. The molecule has 3 aromatic heterocycles. The highest BCUT2D eigenvalue weighted by molar-refractivity contribution is 6.04. The Morgan fingerprint density at radius 3 is 2.51 bits per heavy atom. The molecule has 228 valence electrons. The number of ether oxygens (including phenoxy) is 1. The predicted octanol–water partition coefficient (Wildman–Crippen LogP) is 4.02. The minimum Gasteiger partial charge on any atom is -0.491 e. The lowest BCUT2D eigenvalue weighted by Gasteiger charge is -2.39. The van der Waals surface area contributed by atoms with Crippen molar-refractivity contribution >= 4 is 24.1 Å². The lowest BCUT2D eigenvalue weighted by molar-refractivity contribution is -0.140. The third-order valence-corrected chi connectivity index (χ3v) is 7.80. The van der Waals surface area contributed by atoms with Gasteiger partial charge >= 0.3 is 6.18 Å². The molecule has 1 N–H and O–H groups in total. The number of carbonyl (C=O) groups is 1. The standard InChI is InChI=1S/C29H31F3N8O2.ClH/c1-16-7-20(36-28(35-16)40-12-21(13-40)33-3)10-19-15-42-26-22(24-14-38(4)37-27(24)29(30,31)32)8-18(9-23(26)25(19)41)11-39-6-5-34-17(39)2;/h5-9,14,19,21,33H,10-13,15H2,1-4H3;1H. The summed E-state index contributed by atoms with van der Waals surface area (Å²) in [7, 11) is 3.35. The van der Waals surface area contributed by atoms with Gasteiger partial charge in [-0.3, -0.25) is 9.48 Å². The Bertz CT molecular complexity index is 1660. The number of imidazole rings is 1. The summed E-state index contributed by atoms with van der Waals surface area (Å²) in [5.41, 5.74) is 1.43. The maximum absolute atomic E-state index is 14.0. The molecule has 1 unspecified atom stereocenters. The minimum absolute atomic E-state index is 0. The summed E-state index contributed by atoms with van der Waals surface area (Å²) in [6, 6.07) is 5.60. The quantitative estimate of drug-likeness (QED) is 0.332. The second-order valence-corrected chi connectivity index (χ2v) is 11.0. The summed E-state index contributed by atoms with van der Waals surface area (Å²) in [6.07, 6.45) is 0.377. The molecule has 0 amide bonds. The number of nitrogens with one attached hydrogen (secondary N) is 1. The topological polar surface area (TPSA) is 103 Å². The third kappa shape index (κ3) is 5.96. The predicted molar refractivity (Wildman–Crippen MR) is 156 cm³/mol. The van der Waals surface area contributed by atoms with Crippen LogP contribution in [0, 0.1) is 19.8 Å². The van der Waals surface area contributed by atoms with Gasteiger partial charge in [-0.1, -0.05) is 0 Å². The number of anilines is 1. The van der Waals surface area contributed by atoms with Gasteiger partial charge in [0, 0.05) is 80.2 Å². The van der Waals surface area contributed by atoms with E-state index in [4.69, 9.17) is 9.72 Å². The molecular weight excluding hydrogens is 585 g/mol. The van der Waals surface area contributed by atoms with Crippen LogP contribution in [0.3, 0.4) is 0 Å². The van der Waals surface area contributed by atoms with Crippen LogP contribution in [0.25, 0.3) is 11.1 Å². The Labute approximate surface area is 252 Å². The summed E-state index contributed by atoms with van der Waals surface area (Å²) in [5, 5.41) is 6.91. The van der Waals surface area contributed by atoms with Gasteiger partial charge in [0.1, 0.15) is 11.6 Å². The van der Waals surface area contributed by atoms with E-state index in [9.17, 15) is 18.0 Å². The lowest BCUT2D eigenvalue weighted by atomic mass is 9.87. The molecule has 1 fully saturated rings. The Morgan fingerprint density at radius 1 is 1.09 bits per heavy atom. The van der Waals surface area contributed by atoms with Crippen molar-refractivity contribution < 1.29 is 22.7 Å². The van der Waals surface area contributed by atoms with Crippen molar-refractivity contribution in [3.8, 4) is 16.9 Å². The number of rotatable bonds is 7. The number of fused-ring (bicyclic) bond motifs is 1. The van der Waals surface area contributed by atoms with Gasteiger partial charge in [0.05, 0.1) is 18.1 Å². The number of ketones is 1. The molecule has 2 aliphatic rings. The SMILES string of the molecule is CNC1CN(c2nc(C)cc(CC3COc4c(cc(Cn5ccnc5C)cc4-c4cn(C)nc4C(F)(F)F)C3=O)n2)C1.Cl. The number of nitrogens with zero attached hydrogens (tertiary/aromatic N) is 7. The first-order chi connectivity index (χ1) is 20.0. The molecular formula is C29H32ClF3N8O2. The van der Waals surface area contributed by atoms with E-state index in [0.717, 1.165) is 29.3 Å². The van der Waals surface area contributed by atoms with E-state index >= 15 is 0 Å². The average Bonchev–Trinajstić information content (AvgIpc) is 3.49. The van der Waals surface area contributed by atoms with Gasteiger partial charge in [-0.2, -0.15) is 18.3 Å². The number of alkyl halides is 3. The van der Waals surface area contributed by atoms with Gasteiger partial charge < -0.3 is 19.5 Å². The summed E-state index contributed by atoms with van der Waals surface area (Å²) in [5.74, 6) is 0.744. The number of benzene rings is 1. The zero-order valence-electron chi connectivity index (χ0n) is 24.1. The Kier molecular flexibility index (Phi) is 8.23. The molecule has 1 saturated heterocycles. The molecule has 5 heterocycles. The van der Waals surface area contributed by atoms with E-state index in [2.05, 4.69) is 25.3 Å². The van der Waals surface area contributed by atoms with E-state index in [1.54, 1.807) is 24.5 Å². The van der Waals surface area contributed by atoms with Crippen LogP contribution in [0.1, 0.15) is 38.8 Å². The number of hydrogen-bond donors (Lipinski definition) is 1. The Morgan fingerprint density at radius 2 is 1.84 bits per heavy atom. The number of aryl methyl sites for hydroxylation is 3. The molecule has 1 aromatic carbocycles. The molecule has 4 aromatic rings. The molecule has 43 heavy (non-hydrogen) atoms. The van der Waals surface area contributed by atoms with Gasteiger partial charge in [0.15, 0.2) is 11.5 Å². The maximum atomic E-state index is 14.0. The van der Waals surface area contributed by atoms with E-state index < -0.39 is 17.8 Å². The van der Waals surface area contributed by atoms with E-state index in [1.807, 2.05) is 31.5 Å². The summed E-state index contributed by atoms with van der Waals surface area (Å²) in [6.45, 7) is 5.67. The molecule has 14 heteroatoms. The lowest BCUT2D eigenvalue weighted by Crippen LogP contribution is -2.57. The van der Waals surface area contributed by atoms with Crippen molar-refractivity contribution in [2.75, 3.05) is 31.6 Å². The van der Waals surface area contributed by atoms with Crippen LogP contribution < -0.4 is 15.0 Å². The van der Waals surface area contributed by atoms with Crippen molar-refractivity contribution in [2.45, 2.75) is 39.0 Å². The van der Waals surface area contributed by atoms with Crippen LogP contribution >= 0.6 is 12.4 Å².